The minimum absolute atomic E-state index is 0.0863. The molecule has 5 nitrogen and oxygen atoms in total. The van der Waals surface area contributed by atoms with Crippen LogP contribution >= 0.6 is 0 Å². The molecule has 146 valence electrons. The molecular formula is C23H27N3O2. The van der Waals surface area contributed by atoms with Gasteiger partial charge in [-0.05, 0) is 54.2 Å². The number of aromatic nitrogens is 2. The number of H-pyrrole nitrogens is 1. The predicted octanol–water partition coefficient (Wildman–Crippen LogP) is 5.16. The number of rotatable bonds is 5. The fraction of sp³-hybridized carbons (Fsp3) is 0.391. The number of carbonyl (C=O) groups is 1. The van der Waals surface area contributed by atoms with Crippen LogP contribution in [0, 0.1) is 5.41 Å². The molecule has 3 aromatic rings. The van der Waals surface area contributed by atoms with E-state index in [9.17, 15) is 9.90 Å². The lowest BCUT2D eigenvalue weighted by Crippen LogP contribution is -2.27. The maximum atomic E-state index is 12.5. The molecule has 1 saturated carbocycles. The van der Waals surface area contributed by atoms with Crippen molar-refractivity contribution in [1.29, 1.82) is 0 Å². The van der Waals surface area contributed by atoms with Gasteiger partial charge in [-0.3, -0.25) is 4.79 Å². The van der Waals surface area contributed by atoms with Gasteiger partial charge in [0.15, 0.2) is 0 Å². The van der Waals surface area contributed by atoms with Crippen molar-refractivity contribution < 1.29 is 9.90 Å². The zero-order valence-corrected chi connectivity index (χ0v) is 16.3. The Morgan fingerprint density at radius 1 is 1.18 bits per heavy atom. The number of fused-ring (bicyclic) bond motifs is 1. The molecule has 0 radical (unpaired) electrons. The van der Waals surface area contributed by atoms with Crippen molar-refractivity contribution in [2.45, 2.75) is 51.9 Å². The molecule has 4 rings (SSSR count). The average Bonchev–Trinajstić information content (AvgIpc) is 3.03. The molecule has 1 aromatic heterocycles. The maximum absolute atomic E-state index is 12.5. The lowest BCUT2D eigenvalue weighted by molar-refractivity contribution is -0.118. The molecule has 1 heterocycles. The first kappa shape index (κ1) is 18.5. The number of hydrogen-bond donors (Lipinski definition) is 3. The lowest BCUT2D eigenvalue weighted by Gasteiger charge is -2.32. The zero-order chi connectivity index (χ0) is 19.6. The second kappa shape index (κ2) is 7.66. The van der Waals surface area contributed by atoms with Crippen LogP contribution in [0.2, 0.25) is 0 Å². The monoisotopic (exact) mass is 377 g/mol. The van der Waals surface area contributed by atoms with Gasteiger partial charge in [0, 0.05) is 18.5 Å². The van der Waals surface area contributed by atoms with Crippen LogP contribution in [0.3, 0.4) is 0 Å². The van der Waals surface area contributed by atoms with Crippen LogP contribution in [-0.4, -0.2) is 21.0 Å². The molecule has 1 amide bonds. The molecular weight excluding hydrogens is 350 g/mol. The summed E-state index contributed by atoms with van der Waals surface area (Å²) >= 11 is 0. The normalized spacial score (nSPS) is 16.2. The molecule has 1 aliphatic rings. The quantitative estimate of drug-likeness (QED) is 0.575. The molecule has 1 fully saturated rings. The first-order valence-electron chi connectivity index (χ1n) is 10.1. The van der Waals surface area contributed by atoms with Gasteiger partial charge >= 0.3 is 0 Å². The number of hydrogen-bond acceptors (Lipinski definition) is 3. The van der Waals surface area contributed by atoms with E-state index < -0.39 is 0 Å². The fourth-order valence-corrected chi connectivity index (χ4v) is 4.26. The van der Waals surface area contributed by atoms with Crippen molar-refractivity contribution in [3.05, 3.63) is 53.9 Å². The van der Waals surface area contributed by atoms with E-state index in [1.807, 2.05) is 30.3 Å². The van der Waals surface area contributed by atoms with E-state index in [0.29, 0.717) is 12.8 Å². The molecule has 5 heteroatoms. The number of benzene rings is 2. The van der Waals surface area contributed by atoms with Gasteiger partial charge in [-0.15, -0.1) is 0 Å². The highest BCUT2D eigenvalue weighted by molar-refractivity contribution is 5.93. The number of nitrogens with zero attached hydrogens (tertiary/aromatic N) is 1. The summed E-state index contributed by atoms with van der Waals surface area (Å²) in [6, 6.07) is 13.0. The fourth-order valence-electron chi connectivity index (χ4n) is 4.26. The van der Waals surface area contributed by atoms with Crippen LogP contribution in [0.4, 0.5) is 5.69 Å². The highest BCUT2D eigenvalue weighted by Crippen LogP contribution is 2.38. The summed E-state index contributed by atoms with van der Waals surface area (Å²) < 4.78 is 0. The Hall–Kier alpha value is -2.82. The van der Waals surface area contributed by atoms with E-state index in [1.54, 1.807) is 12.1 Å². The SMILES string of the molecule is CC1(CC(=O)Nc2ccc3nc(Cc4cccc(O)c4)[nH]c3c2)CCCCC1. The van der Waals surface area contributed by atoms with Gasteiger partial charge in [0.2, 0.25) is 5.91 Å². The summed E-state index contributed by atoms with van der Waals surface area (Å²) in [5.41, 5.74) is 3.69. The zero-order valence-electron chi connectivity index (χ0n) is 16.3. The summed E-state index contributed by atoms with van der Waals surface area (Å²) in [5.74, 6) is 1.17. The van der Waals surface area contributed by atoms with Crippen LogP contribution in [0.15, 0.2) is 42.5 Å². The third-order valence-electron chi connectivity index (χ3n) is 5.74. The van der Waals surface area contributed by atoms with Gasteiger partial charge in [-0.1, -0.05) is 38.3 Å². The third-order valence-corrected chi connectivity index (χ3v) is 5.74. The van der Waals surface area contributed by atoms with Gasteiger partial charge < -0.3 is 15.4 Å². The van der Waals surface area contributed by atoms with Crippen molar-refractivity contribution in [2.24, 2.45) is 5.41 Å². The number of aromatic amines is 1. The Balaban J connectivity index is 1.44. The smallest absolute Gasteiger partial charge is 0.224 e. The molecule has 0 spiro atoms. The molecule has 0 unspecified atom stereocenters. The average molecular weight is 377 g/mol. The molecule has 1 aliphatic carbocycles. The number of amides is 1. The third kappa shape index (κ3) is 4.35. The van der Waals surface area contributed by atoms with Crippen LogP contribution in [0.5, 0.6) is 5.75 Å². The molecule has 0 aliphatic heterocycles. The van der Waals surface area contributed by atoms with E-state index in [-0.39, 0.29) is 17.1 Å². The lowest BCUT2D eigenvalue weighted by atomic mass is 9.73. The van der Waals surface area contributed by atoms with Crippen molar-refractivity contribution >= 4 is 22.6 Å². The van der Waals surface area contributed by atoms with Gasteiger partial charge in [-0.25, -0.2) is 4.98 Å². The number of carbonyl (C=O) groups excluding carboxylic acids is 1. The second-order valence-corrected chi connectivity index (χ2v) is 8.36. The Morgan fingerprint density at radius 2 is 2.00 bits per heavy atom. The van der Waals surface area contributed by atoms with Crippen molar-refractivity contribution in [1.82, 2.24) is 9.97 Å². The number of phenolic OH excluding ortho intramolecular Hbond substituents is 1. The number of nitrogens with one attached hydrogen (secondary N) is 2. The van der Waals surface area contributed by atoms with E-state index in [4.69, 9.17) is 0 Å². The second-order valence-electron chi connectivity index (χ2n) is 8.36. The van der Waals surface area contributed by atoms with Crippen molar-refractivity contribution in [3.8, 4) is 5.75 Å². The molecule has 28 heavy (non-hydrogen) atoms. The number of phenols is 1. The number of aromatic hydroxyl groups is 1. The highest BCUT2D eigenvalue weighted by atomic mass is 16.3. The minimum Gasteiger partial charge on any atom is -0.508 e. The predicted molar refractivity (Wildman–Crippen MR) is 111 cm³/mol. The van der Waals surface area contributed by atoms with Gasteiger partial charge in [0.05, 0.1) is 11.0 Å². The van der Waals surface area contributed by atoms with Crippen LogP contribution < -0.4 is 5.32 Å². The summed E-state index contributed by atoms with van der Waals surface area (Å²) in [5, 5.41) is 12.7. The van der Waals surface area contributed by atoms with Gasteiger partial charge in [0.1, 0.15) is 11.6 Å². The summed E-state index contributed by atoms with van der Waals surface area (Å²) in [7, 11) is 0. The Kier molecular flexibility index (Phi) is 5.07. The van der Waals surface area contributed by atoms with Crippen molar-refractivity contribution in [2.75, 3.05) is 5.32 Å². The first-order chi connectivity index (χ1) is 13.5. The first-order valence-corrected chi connectivity index (χ1v) is 10.1. The maximum Gasteiger partial charge on any atom is 0.224 e. The molecule has 0 bridgehead atoms. The minimum atomic E-state index is 0.0863. The largest absolute Gasteiger partial charge is 0.508 e. The van der Waals surface area contributed by atoms with Gasteiger partial charge in [0.25, 0.3) is 0 Å². The Labute approximate surface area is 165 Å². The standard InChI is InChI=1S/C23H27N3O2/c1-23(10-3-2-4-11-23)15-22(28)24-17-8-9-19-20(14-17)26-21(25-19)13-16-6-5-7-18(27)12-16/h5-9,12,14,27H,2-4,10-11,13,15H2,1H3,(H,24,28)(H,25,26). The number of imidazole rings is 1. The van der Waals surface area contributed by atoms with E-state index in [2.05, 4.69) is 22.2 Å². The Morgan fingerprint density at radius 3 is 2.79 bits per heavy atom. The molecule has 3 N–H and O–H groups in total. The molecule has 0 saturated heterocycles. The van der Waals surface area contributed by atoms with Gasteiger partial charge in [-0.2, -0.15) is 0 Å². The molecule has 2 aromatic carbocycles. The summed E-state index contributed by atoms with van der Waals surface area (Å²) in [6.07, 6.45) is 7.22. The van der Waals surface area contributed by atoms with E-state index >= 15 is 0 Å². The van der Waals surface area contributed by atoms with Crippen LogP contribution in [0.1, 0.15) is 56.8 Å². The van der Waals surface area contributed by atoms with Crippen LogP contribution in [-0.2, 0) is 11.2 Å². The summed E-state index contributed by atoms with van der Waals surface area (Å²) in [6.45, 7) is 2.23. The summed E-state index contributed by atoms with van der Waals surface area (Å²) in [4.78, 5) is 20.5. The van der Waals surface area contributed by atoms with E-state index in [1.165, 1.54) is 19.3 Å². The Bertz CT molecular complexity index is 986. The topological polar surface area (TPSA) is 78.0 Å². The van der Waals surface area contributed by atoms with Crippen molar-refractivity contribution in [3.63, 3.8) is 0 Å². The number of anilines is 1. The van der Waals surface area contributed by atoms with E-state index in [0.717, 1.165) is 41.0 Å². The molecule has 0 atom stereocenters. The highest BCUT2D eigenvalue weighted by Gasteiger charge is 2.29. The van der Waals surface area contributed by atoms with Crippen LogP contribution in [0.25, 0.3) is 11.0 Å².